The zero-order chi connectivity index (χ0) is 15.2. The first-order chi connectivity index (χ1) is 10.1. The predicted molar refractivity (Wildman–Crippen MR) is 79.2 cm³/mol. The van der Waals surface area contributed by atoms with Crippen molar-refractivity contribution < 1.29 is 18.9 Å². The molecule has 0 radical (unpaired) electrons. The largest absolute Gasteiger partial charge is 0.463 e. The molecule has 0 aliphatic rings. The van der Waals surface area contributed by atoms with Gasteiger partial charge in [0.25, 0.3) is 5.91 Å². The average Bonchev–Trinajstić information content (AvgIpc) is 2.91. The molecule has 0 fully saturated rings. The number of furan rings is 1. The summed E-state index contributed by atoms with van der Waals surface area (Å²) < 4.78 is 5.26. The van der Waals surface area contributed by atoms with E-state index >= 15 is 0 Å². The van der Waals surface area contributed by atoms with Crippen molar-refractivity contribution in [2.75, 3.05) is 18.9 Å². The van der Waals surface area contributed by atoms with Crippen molar-refractivity contribution in [2.45, 2.75) is 13.5 Å². The van der Waals surface area contributed by atoms with Crippen LogP contribution in [0.4, 0.5) is 5.69 Å². The van der Waals surface area contributed by atoms with E-state index in [2.05, 4.69) is 5.32 Å². The third kappa shape index (κ3) is 4.29. The van der Waals surface area contributed by atoms with Crippen molar-refractivity contribution in [1.29, 1.82) is 0 Å². The number of hydrogen-bond donors (Lipinski definition) is 2. The Labute approximate surface area is 123 Å². The molecule has 2 aromatic rings. The highest BCUT2D eigenvalue weighted by atomic mass is 16.3. The van der Waals surface area contributed by atoms with Gasteiger partial charge in [-0.25, -0.2) is 0 Å². The minimum absolute atomic E-state index is 0.0674. The maximum atomic E-state index is 12.1. The third-order valence-electron chi connectivity index (χ3n) is 3.10. The minimum Gasteiger partial charge on any atom is -0.463 e. The summed E-state index contributed by atoms with van der Waals surface area (Å²) in [5, 5.41) is 2.79. The van der Waals surface area contributed by atoms with E-state index in [9.17, 15) is 9.59 Å². The van der Waals surface area contributed by atoms with Crippen LogP contribution in [0.3, 0.4) is 0 Å². The zero-order valence-corrected chi connectivity index (χ0v) is 12.2. The maximum absolute atomic E-state index is 12.1. The molecule has 5 nitrogen and oxygen atoms in total. The van der Waals surface area contributed by atoms with Gasteiger partial charge in [0.15, 0.2) is 18.1 Å². The Morgan fingerprint density at radius 1 is 1.19 bits per heavy atom. The van der Waals surface area contributed by atoms with Crippen molar-refractivity contribution in [3.05, 3.63) is 54.0 Å². The summed E-state index contributed by atoms with van der Waals surface area (Å²) in [6, 6.07) is 10.7. The highest BCUT2D eigenvalue weighted by Crippen LogP contribution is 2.15. The van der Waals surface area contributed by atoms with Gasteiger partial charge in [-0.3, -0.25) is 9.59 Å². The van der Waals surface area contributed by atoms with Gasteiger partial charge in [-0.05, 0) is 31.2 Å². The van der Waals surface area contributed by atoms with Gasteiger partial charge in [0.05, 0.1) is 19.0 Å². The molecule has 2 N–H and O–H groups in total. The van der Waals surface area contributed by atoms with E-state index in [0.29, 0.717) is 24.3 Å². The lowest BCUT2D eigenvalue weighted by Gasteiger charge is -2.13. The monoisotopic (exact) mass is 287 g/mol. The highest BCUT2D eigenvalue weighted by molar-refractivity contribution is 6.03. The molecule has 1 atom stereocenters. The smallest absolute Gasteiger partial charge is 0.279 e. The van der Waals surface area contributed by atoms with Gasteiger partial charge in [0, 0.05) is 5.56 Å². The number of rotatable bonds is 6. The lowest BCUT2D eigenvalue weighted by Crippen LogP contribution is -3.08. The highest BCUT2D eigenvalue weighted by Gasteiger charge is 2.14. The first-order valence-electron chi connectivity index (χ1n) is 6.79. The van der Waals surface area contributed by atoms with Gasteiger partial charge < -0.3 is 14.6 Å². The Morgan fingerprint density at radius 2 is 1.95 bits per heavy atom. The van der Waals surface area contributed by atoms with Crippen LogP contribution in [0.15, 0.2) is 47.1 Å². The minimum atomic E-state index is -0.132. The number of para-hydroxylation sites is 1. The molecule has 0 aliphatic carbocycles. The van der Waals surface area contributed by atoms with Gasteiger partial charge in [-0.1, -0.05) is 12.1 Å². The molecule has 1 unspecified atom stereocenters. The number of carbonyl (C=O) groups excluding carboxylic acids is 2. The average molecular weight is 287 g/mol. The second-order valence-corrected chi connectivity index (χ2v) is 5.04. The van der Waals surface area contributed by atoms with Gasteiger partial charge in [0.1, 0.15) is 6.54 Å². The van der Waals surface area contributed by atoms with E-state index in [1.165, 1.54) is 6.92 Å². The fraction of sp³-hybridized carbons (Fsp3) is 0.250. The van der Waals surface area contributed by atoms with E-state index in [-0.39, 0.29) is 11.7 Å². The quantitative estimate of drug-likeness (QED) is 0.783. The molecular formula is C16H19N2O3+. The lowest BCUT2D eigenvalue weighted by molar-refractivity contribution is -0.886. The van der Waals surface area contributed by atoms with Crippen molar-refractivity contribution in [1.82, 2.24) is 0 Å². The molecule has 110 valence electrons. The van der Waals surface area contributed by atoms with Gasteiger partial charge in [-0.2, -0.15) is 0 Å². The first-order valence-corrected chi connectivity index (χ1v) is 6.79. The van der Waals surface area contributed by atoms with Crippen LogP contribution in [0.5, 0.6) is 0 Å². The van der Waals surface area contributed by atoms with Crippen molar-refractivity contribution in [2.24, 2.45) is 0 Å². The number of quaternary nitrogens is 1. The molecule has 0 aliphatic heterocycles. The number of carbonyl (C=O) groups is 2. The Morgan fingerprint density at radius 3 is 2.62 bits per heavy atom. The van der Waals surface area contributed by atoms with E-state index in [4.69, 9.17) is 4.42 Å². The summed E-state index contributed by atoms with van der Waals surface area (Å²) in [4.78, 5) is 24.6. The van der Waals surface area contributed by atoms with Crippen LogP contribution in [0.2, 0.25) is 0 Å². The summed E-state index contributed by atoms with van der Waals surface area (Å²) in [6.45, 7) is 2.42. The lowest BCUT2D eigenvalue weighted by atomic mass is 10.1. The molecule has 0 spiro atoms. The Balaban J connectivity index is 1.94. The maximum Gasteiger partial charge on any atom is 0.279 e. The Hall–Kier alpha value is -2.40. The number of amides is 1. The first kappa shape index (κ1) is 15.0. The van der Waals surface area contributed by atoms with E-state index < -0.39 is 0 Å². The Bertz CT molecular complexity index is 620. The molecule has 0 saturated carbocycles. The van der Waals surface area contributed by atoms with E-state index in [0.717, 1.165) is 10.7 Å². The van der Waals surface area contributed by atoms with E-state index in [1.54, 1.807) is 30.5 Å². The second kappa shape index (κ2) is 6.85. The van der Waals surface area contributed by atoms with Crippen LogP contribution in [-0.2, 0) is 11.3 Å². The van der Waals surface area contributed by atoms with Crippen LogP contribution in [0.1, 0.15) is 23.0 Å². The topological polar surface area (TPSA) is 63.8 Å². The molecule has 2 rings (SSSR count). The summed E-state index contributed by atoms with van der Waals surface area (Å²) in [5.41, 5.74) is 1.08. The van der Waals surface area contributed by atoms with E-state index in [1.807, 2.05) is 19.2 Å². The fourth-order valence-electron chi connectivity index (χ4n) is 2.14. The van der Waals surface area contributed by atoms with Crippen LogP contribution in [0, 0.1) is 0 Å². The zero-order valence-electron chi connectivity index (χ0n) is 12.2. The van der Waals surface area contributed by atoms with Crippen molar-refractivity contribution in [3.8, 4) is 0 Å². The summed E-state index contributed by atoms with van der Waals surface area (Å²) in [6.07, 6.45) is 1.62. The van der Waals surface area contributed by atoms with Gasteiger partial charge in [-0.15, -0.1) is 0 Å². The summed E-state index contributed by atoms with van der Waals surface area (Å²) in [5.74, 6) is 0.638. The van der Waals surface area contributed by atoms with Gasteiger partial charge >= 0.3 is 0 Å². The molecule has 1 aromatic heterocycles. The van der Waals surface area contributed by atoms with Crippen LogP contribution >= 0.6 is 0 Å². The fourth-order valence-corrected chi connectivity index (χ4v) is 2.14. The normalized spacial score (nSPS) is 11.9. The molecular weight excluding hydrogens is 268 g/mol. The van der Waals surface area contributed by atoms with Gasteiger partial charge in [0.2, 0.25) is 0 Å². The molecule has 1 heterocycles. The third-order valence-corrected chi connectivity index (χ3v) is 3.10. The van der Waals surface area contributed by atoms with Crippen LogP contribution in [-0.4, -0.2) is 25.3 Å². The van der Waals surface area contributed by atoms with Crippen LogP contribution < -0.4 is 10.2 Å². The standard InChI is InChI=1S/C16H18N2O3/c1-12(19)14-7-3-4-8-15(14)17-16(20)11-18(2)10-13-6-5-9-21-13/h3-9H,10-11H2,1-2H3,(H,17,20)/p+1. The SMILES string of the molecule is CC(=O)c1ccccc1NC(=O)C[NH+](C)Cc1ccco1. The molecule has 21 heavy (non-hydrogen) atoms. The molecule has 0 bridgehead atoms. The molecule has 1 amide bonds. The number of likely N-dealkylation sites (N-methyl/N-ethyl adjacent to an activating group) is 1. The predicted octanol–water partition coefficient (Wildman–Crippen LogP) is 1.14. The molecule has 5 heteroatoms. The molecule has 1 aromatic carbocycles. The summed E-state index contributed by atoms with van der Waals surface area (Å²) >= 11 is 0. The Kier molecular flexibility index (Phi) is 4.90. The van der Waals surface area contributed by atoms with Crippen LogP contribution in [0.25, 0.3) is 0 Å². The second-order valence-electron chi connectivity index (χ2n) is 5.04. The number of nitrogens with one attached hydrogen (secondary N) is 2. The number of ketones is 1. The van der Waals surface area contributed by atoms with Crippen molar-refractivity contribution in [3.63, 3.8) is 0 Å². The van der Waals surface area contributed by atoms with Crippen molar-refractivity contribution >= 4 is 17.4 Å². The number of Topliss-reactive ketones (excluding diaryl/α,β-unsaturated/α-hetero) is 1. The number of anilines is 1. The summed E-state index contributed by atoms with van der Waals surface area (Å²) in [7, 11) is 1.92. The number of hydrogen-bond acceptors (Lipinski definition) is 3. The molecule has 0 saturated heterocycles. The number of benzene rings is 1.